The van der Waals surface area contributed by atoms with Crippen molar-refractivity contribution in [1.82, 2.24) is 0 Å². The van der Waals surface area contributed by atoms with Crippen molar-refractivity contribution in [1.29, 1.82) is 0 Å². The minimum Gasteiger partial charge on any atom is -0.494 e. The van der Waals surface area contributed by atoms with Gasteiger partial charge in [0.25, 0.3) is 0 Å². The van der Waals surface area contributed by atoms with E-state index >= 15 is 0 Å². The highest BCUT2D eigenvalue weighted by Crippen LogP contribution is 2.55. The Kier molecular flexibility index (Phi) is 2.81. The number of hydrogen-bond donors (Lipinski definition) is 0. The molecule has 1 fully saturated rings. The van der Waals surface area contributed by atoms with Crippen LogP contribution in [-0.2, 0) is 14.9 Å². The largest absolute Gasteiger partial charge is 0.494 e. The molecule has 92 valence electrons. The number of carbonyl (C=O) groups excluding carboxylic acids is 1. The Hall–Kier alpha value is -1.58. The van der Waals surface area contributed by atoms with Crippen LogP contribution in [0.4, 0.5) is 4.39 Å². The summed E-state index contributed by atoms with van der Waals surface area (Å²) < 4.78 is 23.3. The van der Waals surface area contributed by atoms with Gasteiger partial charge in [-0.2, -0.15) is 0 Å². The van der Waals surface area contributed by atoms with Crippen LogP contribution in [0.2, 0.25) is 0 Å². The molecule has 0 radical (unpaired) electrons. The van der Waals surface area contributed by atoms with Crippen molar-refractivity contribution in [3.63, 3.8) is 0 Å². The van der Waals surface area contributed by atoms with Crippen molar-refractivity contribution >= 4 is 5.97 Å². The number of methoxy groups -OCH3 is 2. The molecule has 0 spiro atoms. The fraction of sp³-hybridized carbons (Fsp3) is 0.462. The van der Waals surface area contributed by atoms with Crippen molar-refractivity contribution in [3.8, 4) is 5.75 Å². The lowest BCUT2D eigenvalue weighted by atomic mass is 9.93. The van der Waals surface area contributed by atoms with Gasteiger partial charge in [0.1, 0.15) is 0 Å². The Balaban J connectivity index is 2.40. The second-order valence-electron chi connectivity index (χ2n) is 4.42. The van der Waals surface area contributed by atoms with Crippen LogP contribution >= 0.6 is 0 Å². The normalized spacial score (nSPS) is 26.5. The number of ether oxygens (including phenoxy) is 2. The van der Waals surface area contributed by atoms with Crippen molar-refractivity contribution in [2.24, 2.45) is 5.92 Å². The maximum absolute atomic E-state index is 13.6. The predicted octanol–water partition coefficient (Wildman–Crippen LogP) is 2.28. The molecule has 1 aromatic carbocycles. The lowest BCUT2D eigenvalue weighted by Crippen LogP contribution is -2.24. The molecule has 2 unspecified atom stereocenters. The third kappa shape index (κ3) is 1.68. The molecule has 0 aliphatic heterocycles. The number of rotatable bonds is 3. The number of hydrogen-bond acceptors (Lipinski definition) is 3. The van der Waals surface area contributed by atoms with E-state index in [2.05, 4.69) is 0 Å². The molecule has 0 saturated heterocycles. The highest BCUT2D eigenvalue weighted by atomic mass is 19.1. The van der Waals surface area contributed by atoms with Crippen LogP contribution in [0.25, 0.3) is 0 Å². The molecule has 3 nitrogen and oxygen atoms in total. The van der Waals surface area contributed by atoms with Gasteiger partial charge in [-0.1, -0.05) is 13.0 Å². The van der Waals surface area contributed by atoms with Crippen LogP contribution in [0.5, 0.6) is 5.75 Å². The molecule has 0 heterocycles. The Labute approximate surface area is 99.5 Å². The van der Waals surface area contributed by atoms with Crippen LogP contribution in [0, 0.1) is 11.7 Å². The Bertz CT molecular complexity index is 458. The maximum atomic E-state index is 13.6. The molecule has 1 aromatic rings. The maximum Gasteiger partial charge on any atom is 0.316 e. The fourth-order valence-corrected chi connectivity index (χ4v) is 2.35. The summed E-state index contributed by atoms with van der Waals surface area (Å²) in [5.41, 5.74) is -0.00264. The molecule has 0 amide bonds. The van der Waals surface area contributed by atoms with E-state index in [1.54, 1.807) is 12.1 Å². The standard InChI is InChI=1S/C13H15FO3/c1-8-7-13(8,12(15)17-3)9-4-5-11(16-2)10(14)6-9/h4-6,8H,7H2,1-3H3. The molecule has 1 aliphatic carbocycles. The van der Waals surface area contributed by atoms with E-state index in [1.807, 2.05) is 6.92 Å². The number of halogens is 1. The fourth-order valence-electron chi connectivity index (χ4n) is 2.35. The van der Waals surface area contributed by atoms with E-state index in [0.717, 1.165) is 0 Å². The smallest absolute Gasteiger partial charge is 0.316 e. The highest BCUT2D eigenvalue weighted by Gasteiger charge is 2.59. The first-order chi connectivity index (χ1) is 8.06. The Morgan fingerprint density at radius 1 is 1.47 bits per heavy atom. The van der Waals surface area contributed by atoms with Gasteiger partial charge in [-0.05, 0) is 30.0 Å². The van der Waals surface area contributed by atoms with Crippen molar-refractivity contribution in [2.75, 3.05) is 14.2 Å². The first-order valence-electron chi connectivity index (χ1n) is 5.48. The van der Waals surface area contributed by atoms with Gasteiger partial charge in [-0.25, -0.2) is 4.39 Å². The molecular weight excluding hydrogens is 223 g/mol. The monoisotopic (exact) mass is 238 g/mol. The Morgan fingerprint density at radius 2 is 2.12 bits per heavy atom. The summed E-state index contributed by atoms with van der Waals surface area (Å²) in [6.07, 6.45) is 0.700. The van der Waals surface area contributed by atoms with Crippen LogP contribution in [-0.4, -0.2) is 20.2 Å². The average molecular weight is 238 g/mol. The first kappa shape index (κ1) is 11.9. The van der Waals surface area contributed by atoms with Crippen molar-refractivity contribution < 1.29 is 18.7 Å². The summed E-state index contributed by atoms with van der Waals surface area (Å²) in [4.78, 5) is 11.8. The quantitative estimate of drug-likeness (QED) is 0.758. The summed E-state index contributed by atoms with van der Waals surface area (Å²) in [5, 5.41) is 0. The third-order valence-corrected chi connectivity index (χ3v) is 3.53. The van der Waals surface area contributed by atoms with Gasteiger partial charge in [0.15, 0.2) is 11.6 Å². The molecule has 17 heavy (non-hydrogen) atoms. The lowest BCUT2D eigenvalue weighted by molar-refractivity contribution is -0.144. The molecule has 0 aromatic heterocycles. The SMILES string of the molecule is COC(=O)C1(c2ccc(OC)c(F)c2)CC1C. The van der Waals surface area contributed by atoms with E-state index in [-0.39, 0.29) is 17.6 Å². The number of esters is 1. The molecule has 0 bridgehead atoms. The van der Waals surface area contributed by atoms with E-state index in [9.17, 15) is 9.18 Å². The van der Waals surface area contributed by atoms with Gasteiger partial charge < -0.3 is 9.47 Å². The summed E-state index contributed by atoms with van der Waals surface area (Å²) >= 11 is 0. The zero-order chi connectivity index (χ0) is 12.6. The summed E-state index contributed by atoms with van der Waals surface area (Å²) in [6.45, 7) is 1.96. The van der Waals surface area contributed by atoms with E-state index in [0.29, 0.717) is 12.0 Å². The molecule has 1 aliphatic rings. The summed E-state index contributed by atoms with van der Waals surface area (Å²) in [7, 11) is 2.77. The average Bonchev–Trinajstić information content (AvgIpc) is 3.01. The number of carbonyl (C=O) groups is 1. The molecule has 2 atom stereocenters. The minimum absolute atomic E-state index is 0.182. The van der Waals surface area contributed by atoms with Crippen LogP contribution in [0.15, 0.2) is 18.2 Å². The van der Waals surface area contributed by atoms with Gasteiger partial charge in [0.05, 0.1) is 19.6 Å². The van der Waals surface area contributed by atoms with E-state index in [1.165, 1.54) is 20.3 Å². The summed E-state index contributed by atoms with van der Waals surface area (Å²) in [6, 6.07) is 4.63. The minimum atomic E-state index is -0.665. The van der Waals surface area contributed by atoms with Gasteiger partial charge in [-0.3, -0.25) is 4.79 Å². The van der Waals surface area contributed by atoms with Crippen molar-refractivity contribution in [3.05, 3.63) is 29.6 Å². The molecule has 0 N–H and O–H groups in total. The molecule has 1 saturated carbocycles. The van der Waals surface area contributed by atoms with E-state index < -0.39 is 11.2 Å². The zero-order valence-electron chi connectivity index (χ0n) is 10.1. The van der Waals surface area contributed by atoms with Crippen LogP contribution in [0.3, 0.4) is 0 Å². The highest BCUT2D eigenvalue weighted by molar-refractivity contribution is 5.87. The van der Waals surface area contributed by atoms with E-state index in [4.69, 9.17) is 9.47 Å². The topological polar surface area (TPSA) is 35.5 Å². The number of benzene rings is 1. The van der Waals surface area contributed by atoms with Gasteiger partial charge in [0.2, 0.25) is 0 Å². The van der Waals surface area contributed by atoms with Crippen LogP contribution < -0.4 is 4.74 Å². The molecule has 2 rings (SSSR count). The molecular formula is C13H15FO3. The van der Waals surface area contributed by atoms with Gasteiger partial charge in [0, 0.05) is 0 Å². The van der Waals surface area contributed by atoms with Crippen molar-refractivity contribution in [2.45, 2.75) is 18.8 Å². The van der Waals surface area contributed by atoms with Gasteiger partial charge >= 0.3 is 5.97 Å². The predicted molar refractivity (Wildman–Crippen MR) is 60.4 cm³/mol. The third-order valence-electron chi connectivity index (χ3n) is 3.53. The second kappa shape index (κ2) is 4.02. The second-order valence-corrected chi connectivity index (χ2v) is 4.42. The lowest BCUT2D eigenvalue weighted by Gasteiger charge is -2.15. The van der Waals surface area contributed by atoms with Crippen LogP contribution in [0.1, 0.15) is 18.9 Å². The zero-order valence-corrected chi connectivity index (χ0v) is 10.1. The molecule has 4 heteroatoms. The Morgan fingerprint density at radius 3 is 2.53 bits per heavy atom. The van der Waals surface area contributed by atoms with Gasteiger partial charge in [-0.15, -0.1) is 0 Å². The first-order valence-corrected chi connectivity index (χ1v) is 5.48. The summed E-state index contributed by atoms with van der Waals surface area (Å²) in [5.74, 6) is -0.383.